The van der Waals surface area contributed by atoms with E-state index in [-0.39, 0.29) is 0 Å². The first-order chi connectivity index (χ1) is 9.43. The summed E-state index contributed by atoms with van der Waals surface area (Å²) in [4.78, 5) is 0.292. The van der Waals surface area contributed by atoms with Crippen molar-refractivity contribution in [2.75, 3.05) is 26.7 Å². The molecule has 1 aromatic rings. The van der Waals surface area contributed by atoms with E-state index in [0.717, 1.165) is 6.54 Å². The molecule has 0 aliphatic carbocycles. The second-order valence-electron chi connectivity index (χ2n) is 5.12. The van der Waals surface area contributed by atoms with E-state index in [1.165, 1.54) is 6.20 Å². The summed E-state index contributed by atoms with van der Waals surface area (Å²) in [6, 6.07) is 0. The Morgan fingerprint density at radius 2 is 2.05 bits per heavy atom. The molecule has 1 aliphatic rings. The van der Waals surface area contributed by atoms with Gasteiger partial charge in [-0.1, -0.05) is 13.8 Å². The van der Waals surface area contributed by atoms with Gasteiger partial charge in [-0.05, 0) is 7.05 Å². The van der Waals surface area contributed by atoms with Crippen LogP contribution in [-0.4, -0.2) is 59.7 Å². The Morgan fingerprint density at radius 3 is 2.65 bits per heavy atom. The molecule has 2 atom stereocenters. The number of aromatic nitrogens is 2. The van der Waals surface area contributed by atoms with Gasteiger partial charge in [0.1, 0.15) is 4.90 Å². The van der Waals surface area contributed by atoms with Gasteiger partial charge >= 0.3 is 0 Å². The normalized spacial score (nSPS) is 24.9. The van der Waals surface area contributed by atoms with Crippen molar-refractivity contribution in [2.45, 2.75) is 35.8 Å². The Hall–Kier alpha value is -0.570. The predicted molar refractivity (Wildman–Crippen MR) is 81.4 cm³/mol. The zero-order valence-electron chi connectivity index (χ0n) is 12.1. The number of hydrogen-bond donors (Lipinski definition) is 1. The molecular weight excluding hydrogens is 296 g/mol. The molecular formula is C12H22N4O2S2. The van der Waals surface area contributed by atoms with E-state index in [1.54, 1.807) is 15.2 Å². The maximum absolute atomic E-state index is 12.6. The Morgan fingerprint density at radius 1 is 1.40 bits per heavy atom. The fourth-order valence-electron chi connectivity index (χ4n) is 2.30. The molecule has 1 aromatic heterocycles. The summed E-state index contributed by atoms with van der Waals surface area (Å²) in [5.41, 5.74) is 0. The number of thioether (sulfide) groups is 1. The van der Waals surface area contributed by atoms with Crippen LogP contribution in [0, 0.1) is 0 Å². The first kappa shape index (κ1) is 15.8. The van der Waals surface area contributed by atoms with Gasteiger partial charge in [0.05, 0.1) is 12.7 Å². The van der Waals surface area contributed by atoms with Gasteiger partial charge in [0.15, 0.2) is 0 Å². The molecule has 2 heterocycles. The first-order valence-corrected chi connectivity index (χ1v) is 9.14. The minimum absolute atomic E-state index is 0.292. The molecule has 2 rings (SSSR count). The van der Waals surface area contributed by atoms with Crippen LogP contribution in [0.2, 0.25) is 0 Å². The van der Waals surface area contributed by atoms with E-state index < -0.39 is 10.0 Å². The van der Waals surface area contributed by atoms with Gasteiger partial charge in [0, 0.05) is 36.3 Å². The molecule has 1 fully saturated rings. The lowest BCUT2D eigenvalue weighted by atomic mass is 10.4. The standard InChI is InChI=1S/C12H22N4O2S2/c1-10-7-16(8-11(2)19-10)20(17,18)12-6-14-15(9-12)5-4-13-3/h6,9-11,13H,4-5,7-8H2,1-3H3. The van der Waals surface area contributed by atoms with Gasteiger partial charge in [-0.25, -0.2) is 8.42 Å². The van der Waals surface area contributed by atoms with Crippen LogP contribution < -0.4 is 5.32 Å². The molecule has 2 unspecified atom stereocenters. The topological polar surface area (TPSA) is 67.2 Å². The second kappa shape index (κ2) is 6.46. The number of nitrogens with zero attached hydrogens (tertiary/aromatic N) is 3. The van der Waals surface area contributed by atoms with E-state index in [1.807, 2.05) is 18.8 Å². The van der Waals surface area contributed by atoms with Gasteiger partial charge in [0.25, 0.3) is 0 Å². The summed E-state index contributed by atoms with van der Waals surface area (Å²) in [5.74, 6) is 0. The van der Waals surface area contributed by atoms with Gasteiger partial charge in [-0.15, -0.1) is 0 Å². The van der Waals surface area contributed by atoms with Crippen molar-refractivity contribution in [1.82, 2.24) is 19.4 Å². The van der Waals surface area contributed by atoms with Gasteiger partial charge in [-0.2, -0.15) is 21.2 Å². The van der Waals surface area contributed by atoms with Crippen LogP contribution in [0.3, 0.4) is 0 Å². The molecule has 8 heteroatoms. The van der Waals surface area contributed by atoms with Crippen molar-refractivity contribution in [3.8, 4) is 0 Å². The minimum atomic E-state index is -3.42. The van der Waals surface area contributed by atoms with E-state index in [9.17, 15) is 8.42 Å². The molecule has 0 aromatic carbocycles. The first-order valence-electron chi connectivity index (χ1n) is 6.76. The van der Waals surface area contributed by atoms with E-state index >= 15 is 0 Å². The van der Waals surface area contributed by atoms with E-state index in [4.69, 9.17) is 0 Å². The SMILES string of the molecule is CNCCn1cc(S(=O)(=O)N2CC(C)SC(C)C2)cn1. The Bertz CT molecular complexity index is 533. The van der Waals surface area contributed by atoms with Crippen LogP contribution in [0.1, 0.15) is 13.8 Å². The third-order valence-corrected chi connectivity index (χ3v) is 6.24. The fourth-order valence-corrected chi connectivity index (χ4v) is 5.39. The molecule has 1 aliphatic heterocycles. The van der Waals surface area contributed by atoms with E-state index in [2.05, 4.69) is 24.3 Å². The summed E-state index contributed by atoms with van der Waals surface area (Å²) in [6.07, 6.45) is 3.06. The maximum Gasteiger partial charge on any atom is 0.246 e. The fraction of sp³-hybridized carbons (Fsp3) is 0.750. The maximum atomic E-state index is 12.6. The van der Waals surface area contributed by atoms with Gasteiger partial charge in [0.2, 0.25) is 10.0 Å². The minimum Gasteiger partial charge on any atom is -0.318 e. The van der Waals surface area contributed by atoms with Crippen LogP contribution in [0.4, 0.5) is 0 Å². The molecule has 0 radical (unpaired) electrons. The number of hydrogen-bond acceptors (Lipinski definition) is 5. The third-order valence-electron chi connectivity index (χ3n) is 3.22. The van der Waals surface area contributed by atoms with Crippen molar-refractivity contribution in [2.24, 2.45) is 0 Å². The van der Waals surface area contributed by atoms with Crippen molar-refractivity contribution < 1.29 is 8.42 Å². The molecule has 0 spiro atoms. The Kier molecular flexibility index (Phi) is 5.11. The highest BCUT2D eigenvalue weighted by Gasteiger charge is 2.32. The van der Waals surface area contributed by atoms with Crippen molar-refractivity contribution >= 4 is 21.8 Å². The average Bonchev–Trinajstić information content (AvgIpc) is 2.84. The smallest absolute Gasteiger partial charge is 0.246 e. The highest BCUT2D eigenvalue weighted by molar-refractivity contribution is 8.00. The highest BCUT2D eigenvalue weighted by Crippen LogP contribution is 2.28. The monoisotopic (exact) mass is 318 g/mol. The lowest BCUT2D eigenvalue weighted by Gasteiger charge is -2.33. The van der Waals surface area contributed by atoms with Crippen LogP contribution in [0.25, 0.3) is 0 Å². The quantitative estimate of drug-likeness (QED) is 0.862. The summed E-state index contributed by atoms with van der Waals surface area (Å²) in [5, 5.41) is 7.79. The van der Waals surface area contributed by atoms with E-state index in [0.29, 0.717) is 35.0 Å². The highest BCUT2D eigenvalue weighted by atomic mass is 32.2. The molecule has 1 N–H and O–H groups in total. The molecule has 0 saturated carbocycles. The lowest BCUT2D eigenvalue weighted by molar-refractivity contribution is 0.404. The lowest BCUT2D eigenvalue weighted by Crippen LogP contribution is -2.43. The molecule has 6 nitrogen and oxygen atoms in total. The summed E-state index contributed by atoms with van der Waals surface area (Å²) in [6.45, 7) is 6.70. The number of likely N-dealkylation sites (N-methyl/N-ethyl adjacent to an activating group) is 1. The molecule has 0 bridgehead atoms. The summed E-state index contributed by atoms with van der Waals surface area (Å²) >= 11 is 1.84. The number of rotatable bonds is 5. The molecule has 114 valence electrons. The second-order valence-corrected chi connectivity index (χ2v) is 8.94. The zero-order chi connectivity index (χ0) is 14.8. The number of sulfonamides is 1. The predicted octanol–water partition coefficient (Wildman–Crippen LogP) is 0.617. The summed E-state index contributed by atoms with van der Waals surface area (Å²) in [7, 11) is -1.56. The van der Waals surface area contributed by atoms with Crippen LogP contribution in [0.5, 0.6) is 0 Å². The largest absolute Gasteiger partial charge is 0.318 e. The van der Waals surface area contributed by atoms with Crippen LogP contribution in [-0.2, 0) is 16.6 Å². The van der Waals surface area contributed by atoms with Crippen LogP contribution >= 0.6 is 11.8 Å². The third kappa shape index (κ3) is 3.55. The molecule has 20 heavy (non-hydrogen) atoms. The summed E-state index contributed by atoms with van der Waals surface area (Å²) < 4.78 is 28.5. The van der Waals surface area contributed by atoms with Crippen LogP contribution in [0.15, 0.2) is 17.3 Å². The molecule has 0 amide bonds. The average molecular weight is 318 g/mol. The molecule has 1 saturated heterocycles. The Labute approximate surface area is 125 Å². The van der Waals surface area contributed by atoms with Crippen molar-refractivity contribution in [3.05, 3.63) is 12.4 Å². The van der Waals surface area contributed by atoms with Crippen molar-refractivity contribution in [1.29, 1.82) is 0 Å². The van der Waals surface area contributed by atoms with Gasteiger partial charge < -0.3 is 5.32 Å². The van der Waals surface area contributed by atoms with Crippen molar-refractivity contribution in [3.63, 3.8) is 0 Å². The zero-order valence-corrected chi connectivity index (χ0v) is 13.7. The van der Waals surface area contributed by atoms with Gasteiger partial charge in [-0.3, -0.25) is 4.68 Å². The number of nitrogens with one attached hydrogen (secondary N) is 1. The Balaban J connectivity index is 2.15.